The average Bonchev–Trinajstić information content (AvgIpc) is 2.84. The van der Waals surface area contributed by atoms with Crippen LogP contribution in [0, 0.1) is 5.82 Å². The normalized spacial score (nSPS) is 11.6. The van der Waals surface area contributed by atoms with Gasteiger partial charge in [0.05, 0.1) is 13.2 Å². The number of rotatable bonds is 10. The predicted octanol–water partition coefficient (Wildman–Crippen LogP) is 4.54. The molecule has 9 heteroatoms. The number of amides is 2. The molecule has 2 amide bonds. The maximum atomic E-state index is 14.4. The SMILES string of the molecule is COc1cccc(NC(=O)COc2ccc(C(=O)NC[C@H](c3c(F)cccc3Cl)N(C)C)cc2)c1. The van der Waals surface area contributed by atoms with Gasteiger partial charge in [-0.25, -0.2) is 4.39 Å². The van der Waals surface area contributed by atoms with Crippen molar-refractivity contribution in [2.75, 3.05) is 39.7 Å². The Labute approximate surface area is 208 Å². The van der Waals surface area contributed by atoms with Crippen molar-refractivity contribution in [3.63, 3.8) is 0 Å². The quantitative estimate of drug-likeness (QED) is 0.428. The lowest BCUT2D eigenvalue weighted by Gasteiger charge is -2.26. The molecule has 2 N–H and O–H groups in total. The van der Waals surface area contributed by atoms with E-state index in [1.165, 1.54) is 6.07 Å². The average molecular weight is 500 g/mol. The van der Waals surface area contributed by atoms with Crippen molar-refractivity contribution in [3.8, 4) is 11.5 Å². The Hall–Kier alpha value is -3.62. The molecule has 35 heavy (non-hydrogen) atoms. The van der Waals surface area contributed by atoms with Gasteiger partial charge in [-0.05, 0) is 62.6 Å². The van der Waals surface area contributed by atoms with Crippen LogP contribution in [-0.2, 0) is 4.79 Å². The van der Waals surface area contributed by atoms with Crippen LogP contribution in [0.3, 0.4) is 0 Å². The van der Waals surface area contributed by atoms with E-state index < -0.39 is 11.9 Å². The lowest BCUT2D eigenvalue weighted by atomic mass is 10.0. The van der Waals surface area contributed by atoms with E-state index in [4.69, 9.17) is 21.1 Å². The third-order valence-electron chi connectivity index (χ3n) is 5.25. The molecule has 0 radical (unpaired) electrons. The zero-order valence-electron chi connectivity index (χ0n) is 19.7. The molecule has 0 saturated carbocycles. The molecule has 3 aromatic rings. The molecule has 0 spiro atoms. The highest BCUT2D eigenvalue weighted by Gasteiger charge is 2.22. The van der Waals surface area contributed by atoms with Gasteiger partial charge >= 0.3 is 0 Å². The second kappa shape index (κ2) is 12.2. The van der Waals surface area contributed by atoms with Crippen LogP contribution in [0.1, 0.15) is 22.0 Å². The first-order valence-corrected chi connectivity index (χ1v) is 11.2. The topological polar surface area (TPSA) is 79.9 Å². The van der Waals surface area contributed by atoms with Crippen LogP contribution in [0.25, 0.3) is 0 Å². The third-order valence-corrected chi connectivity index (χ3v) is 5.58. The number of ether oxygens (including phenoxy) is 2. The number of nitrogens with zero attached hydrogens (tertiary/aromatic N) is 1. The maximum Gasteiger partial charge on any atom is 0.262 e. The minimum atomic E-state index is -0.446. The second-order valence-corrected chi connectivity index (χ2v) is 8.33. The van der Waals surface area contributed by atoms with E-state index in [1.807, 2.05) is 0 Å². The largest absolute Gasteiger partial charge is 0.497 e. The lowest BCUT2D eigenvalue weighted by Crippen LogP contribution is -2.35. The summed E-state index contributed by atoms with van der Waals surface area (Å²) in [5.74, 6) is -0.0197. The van der Waals surface area contributed by atoms with E-state index in [1.54, 1.807) is 86.8 Å². The first-order valence-electron chi connectivity index (χ1n) is 10.8. The van der Waals surface area contributed by atoms with Crippen LogP contribution in [0.15, 0.2) is 66.7 Å². The van der Waals surface area contributed by atoms with Crippen molar-refractivity contribution in [1.82, 2.24) is 10.2 Å². The number of likely N-dealkylation sites (N-methyl/N-ethyl adjacent to an activating group) is 1. The molecule has 3 aromatic carbocycles. The summed E-state index contributed by atoms with van der Waals surface area (Å²) in [4.78, 5) is 26.6. The predicted molar refractivity (Wildman–Crippen MR) is 134 cm³/mol. The fraction of sp³-hybridized carbons (Fsp3) is 0.231. The summed E-state index contributed by atoms with van der Waals surface area (Å²) >= 11 is 6.20. The van der Waals surface area contributed by atoms with E-state index in [0.29, 0.717) is 33.3 Å². The molecule has 0 aliphatic carbocycles. The molecule has 0 unspecified atom stereocenters. The number of nitrogens with one attached hydrogen (secondary N) is 2. The van der Waals surface area contributed by atoms with E-state index in [0.717, 1.165) is 0 Å². The molecular formula is C26H27ClFN3O4. The van der Waals surface area contributed by atoms with Crippen molar-refractivity contribution in [3.05, 3.63) is 88.7 Å². The van der Waals surface area contributed by atoms with Crippen LogP contribution in [0.2, 0.25) is 5.02 Å². The third kappa shape index (κ3) is 7.18. The Morgan fingerprint density at radius 2 is 1.74 bits per heavy atom. The van der Waals surface area contributed by atoms with Crippen LogP contribution in [-0.4, -0.2) is 51.1 Å². The van der Waals surface area contributed by atoms with Crippen LogP contribution in [0.5, 0.6) is 11.5 Å². The van der Waals surface area contributed by atoms with Crippen LogP contribution in [0.4, 0.5) is 10.1 Å². The number of hydrogen-bond acceptors (Lipinski definition) is 5. The lowest BCUT2D eigenvalue weighted by molar-refractivity contribution is -0.118. The molecule has 3 rings (SSSR count). The number of carbonyl (C=O) groups excluding carboxylic acids is 2. The molecule has 184 valence electrons. The van der Waals surface area contributed by atoms with Crippen molar-refractivity contribution in [2.24, 2.45) is 0 Å². The minimum absolute atomic E-state index is 0.162. The Morgan fingerprint density at radius 1 is 1.03 bits per heavy atom. The molecule has 0 aliphatic heterocycles. The molecule has 0 aromatic heterocycles. The zero-order chi connectivity index (χ0) is 25.4. The molecule has 7 nitrogen and oxygen atoms in total. The Morgan fingerprint density at radius 3 is 2.40 bits per heavy atom. The summed E-state index contributed by atoms with van der Waals surface area (Å²) < 4.78 is 25.0. The van der Waals surface area contributed by atoms with Gasteiger partial charge in [0.15, 0.2) is 6.61 Å². The number of methoxy groups -OCH3 is 1. The van der Waals surface area contributed by atoms with Crippen molar-refractivity contribution < 1.29 is 23.5 Å². The van der Waals surface area contributed by atoms with Gasteiger partial charge in [-0.15, -0.1) is 0 Å². The number of anilines is 1. The molecule has 1 atom stereocenters. The Kier molecular flexibility index (Phi) is 9.05. The van der Waals surface area contributed by atoms with Gasteiger partial charge in [0.1, 0.15) is 17.3 Å². The fourth-order valence-corrected chi connectivity index (χ4v) is 3.70. The second-order valence-electron chi connectivity index (χ2n) is 7.92. The van der Waals surface area contributed by atoms with E-state index in [-0.39, 0.29) is 25.0 Å². The maximum absolute atomic E-state index is 14.4. The van der Waals surface area contributed by atoms with E-state index >= 15 is 0 Å². The van der Waals surface area contributed by atoms with Gasteiger partial charge in [-0.3, -0.25) is 9.59 Å². The molecular weight excluding hydrogens is 473 g/mol. The van der Waals surface area contributed by atoms with Crippen molar-refractivity contribution in [1.29, 1.82) is 0 Å². The molecule has 0 fully saturated rings. The molecule has 0 saturated heterocycles. The minimum Gasteiger partial charge on any atom is -0.497 e. The number of halogens is 2. The highest BCUT2D eigenvalue weighted by atomic mass is 35.5. The van der Waals surface area contributed by atoms with E-state index in [2.05, 4.69) is 10.6 Å². The number of benzene rings is 3. The summed E-state index contributed by atoms with van der Waals surface area (Å²) in [5, 5.41) is 5.85. The number of carbonyl (C=O) groups is 2. The highest BCUT2D eigenvalue weighted by Crippen LogP contribution is 2.28. The van der Waals surface area contributed by atoms with Gasteiger partial charge in [-0.2, -0.15) is 0 Å². The zero-order valence-corrected chi connectivity index (χ0v) is 20.4. The monoisotopic (exact) mass is 499 g/mol. The highest BCUT2D eigenvalue weighted by molar-refractivity contribution is 6.31. The van der Waals surface area contributed by atoms with Crippen molar-refractivity contribution in [2.45, 2.75) is 6.04 Å². The summed E-state index contributed by atoms with van der Waals surface area (Å²) in [7, 11) is 5.12. The van der Waals surface area contributed by atoms with Gasteiger partial charge < -0.3 is 25.0 Å². The fourth-order valence-electron chi connectivity index (χ4n) is 3.41. The van der Waals surface area contributed by atoms with Crippen LogP contribution >= 0.6 is 11.6 Å². The van der Waals surface area contributed by atoms with Crippen LogP contribution < -0.4 is 20.1 Å². The summed E-state index contributed by atoms with van der Waals surface area (Å²) in [6.07, 6.45) is 0. The first-order chi connectivity index (χ1) is 16.8. The molecule has 0 heterocycles. The Balaban J connectivity index is 1.54. The molecule has 0 bridgehead atoms. The summed E-state index contributed by atoms with van der Waals surface area (Å²) in [5.41, 5.74) is 1.32. The van der Waals surface area contributed by atoms with E-state index in [9.17, 15) is 14.0 Å². The van der Waals surface area contributed by atoms with Gasteiger partial charge in [0, 0.05) is 34.4 Å². The number of hydrogen-bond donors (Lipinski definition) is 2. The van der Waals surface area contributed by atoms with Gasteiger partial charge in [-0.1, -0.05) is 23.7 Å². The summed E-state index contributed by atoms with van der Waals surface area (Å²) in [6.45, 7) is -0.0359. The summed E-state index contributed by atoms with van der Waals surface area (Å²) in [6, 6.07) is 17.4. The first kappa shape index (κ1) is 26.0. The van der Waals surface area contributed by atoms with Crippen molar-refractivity contribution >= 4 is 29.1 Å². The smallest absolute Gasteiger partial charge is 0.262 e. The van der Waals surface area contributed by atoms with Gasteiger partial charge in [0.25, 0.3) is 11.8 Å². The van der Waals surface area contributed by atoms with Gasteiger partial charge in [0.2, 0.25) is 0 Å². The standard InChI is InChI=1S/C26H27ClFN3O4/c1-31(2)23(25-21(27)8-5-9-22(25)28)15-29-26(33)17-10-12-19(13-11-17)35-16-24(32)30-18-6-4-7-20(14-18)34-3/h4-14,23H,15-16H2,1-3H3,(H,29,33)(H,30,32)/t23-/m1/s1. The Bertz CT molecular complexity index is 1150. The molecule has 0 aliphatic rings.